The van der Waals surface area contributed by atoms with Crippen LogP contribution in [0.4, 0.5) is 0 Å². The Balaban J connectivity index is 1.43. The Labute approximate surface area is 174 Å². The highest BCUT2D eigenvalue weighted by molar-refractivity contribution is 5.93. The molecule has 156 valence electrons. The van der Waals surface area contributed by atoms with Gasteiger partial charge in [0, 0.05) is 65.0 Å². The normalized spacial score (nSPS) is 18.1. The Bertz CT molecular complexity index is 864. The minimum atomic E-state index is 0.197. The summed E-state index contributed by atoms with van der Waals surface area (Å²) in [6.07, 6.45) is 2.19. The molecule has 4 rings (SSSR count). The molecule has 1 amide bonds. The summed E-state index contributed by atoms with van der Waals surface area (Å²) in [5.41, 5.74) is 6.19. The molecule has 0 saturated carbocycles. The molecule has 0 radical (unpaired) electrons. The Morgan fingerprint density at radius 1 is 1.03 bits per heavy atom. The lowest BCUT2D eigenvalue weighted by atomic mass is 10.1. The number of amides is 1. The molecule has 0 atom stereocenters. The van der Waals surface area contributed by atoms with E-state index >= 15 is 0 Å². The van der Waals surface area contributed by atoms with Gasteiger partial charge in [-0.05, 0) is 37.1 Å². The van der Waals surface area contributed by atoms with Gasteiger partial charge < -0.3 is 9.47 Å². The van der Waals surface area contributed by atoms with E-state index in [9.17, 15) is 4.79 Å². The molecule has 2 aliphatic heterocycles. The summed E-state index contributed by atoms with van der Waals surface area (Å²) >= 11 is 0. The number of hydrogen-bond donors (Lipinski definition) is 0. The zero-order valence-electron chi connectivity index (χ0n) is 18.2. The first kappa shape index (κ1) is 20.2. The standard InChI is InChI=1S/C24H34N4O/c1-4-9-26-11-13-28(14-12-26)24(29)23-16-21-18-27(10-8-22(21)25(23)3)17-20-7-5-6-19(2)15-20/h5-7,15-16H,4,8-14,17-18H2,1-3H3. The lowest BCUT2D eigenvalue weighted by molar-refractivity contribution is 0.0628. The Morgan fingerprint density at radius 3 is 2.55 bits per heavy atom. The summed E-state index contributed by atoms with van der Waals surface area (Å²) in [5, 5.41) is 0. The summed E-state index contributed by atoms with van der Waals surface area (Å²) in [7, 11) is 2.07. The van der Waals surface area contributed by atoms with Crippen molar-refractivity contribution in [1.29, 1.82) is 0 Å². The largest absolute Gasteiger partial charge is 0.343 e. The minimum Gasteiger partial charge on any atom is -0.343 e. The van der Waals surface area contributed by atoms with E-state index in [0.29, 0.717) is 0 Å². The van der Waals surface area contributed by atoms with Crippen molar-refractivity contribution in [1.82, 2.24) is 19.3 Å². The van der Waals surface area contributed by atoms with Crippen molar-refractivity contribution in [3.63, 3.8) is 0 Å². The van der Waals surface area contributed by atoms with Crippen LogP contribution >= 0.6 is 0 Å². The highest BCUT2D eigenvalue weighted by Crippen LogP contribution is 2.25. The number of benzene rings is 1. The average Bonchev–Trinajstić information content (AvgIpc) is 3.04. The predicted octanol–water partition coefficient (Wildman–Crippen LogP) is 3.06. The number of hydrogen-bond acceptors (Lipinski definition) is 3. The Morgan fingerprint density at radius 2 is 1.83 bits per heavy atom. The van der Waals surface area contributed by atoms with Gasteiger partial charge in [-0.2, -0.15) is 0 Å². The van der Waals surface area contributed by atoms with Crippen LogP contribution in [0.15, 0.2) is 30.3 Å². The van der Waals surface area contributed by atoms with E-state index in [4.69, 9.17) is 0 Å². The number of carbonyl (C=O) groups excluding carboxylic acids is 1. The van der Waals surface area contributed by atoms with Gasteiger partial charge in [0.1, 0.15) is 5.69 Å². The van der Waals surface area contributed by atoms with Crippen LogP contribution in [0.5, 0.6) is 0 Å². The van der Waals surface area contributed by atoms with Gasteiger partial charge in [-0.3, -0.25) is 14.6 Å². The third-order valence-electron chi connectivity index (χ3n) is 6.41. The van der Waals surface area contributed by atoms with E-state index in [-0.39, 0.29) is 5.91 Å². The topological polar surface area (TPSA) is 31.7 Å². The van der Waals surface area contributed by atoms with Gasteiger partial charge in [0.2, 0.25) is 0 Å². The molecule has 1 aromatic heterocycles. The van der Waals surface area contributed by atoms with Crippen LogP contribution in [-0.2, 0) is 26.6 Å². The lowest BCUT2D eigenvalue weighted by Crippen LogP contribution is -2.49. The molecule has 5 heteroatoms. The number of carbonyl (C=O) groups is 1. The summed E-state index contributed by atoms with van der Waals surface area (Å²) in [6, 6.07) is 10.9. The van der Waals surface area contributed by atoms with E-state index in [1.54, 1.807) is 0 Å². The van der Waals surface area contributed by atoms with Crippen molar-refractivity contribution < 1.29 is 4.79 Å². The monoisotopic (exact) mass is 394 g/mol. The molecule has 0 unspecified atom stereocenters. The number of piperazine rings is 1. The molecule has 29 heavy (non-hydrogen) atoms. The molecule has 1 aromatic carbocycles. The zero-order chi connectivity index (χ0) is 20.4. The molecule has 0 bridgehead atoms. The molecular weight excluding hydrogens is 360 g/mol. The highest BCUT2D eigenvalue weighted by Gasteiger charge is 2.27. The van der Waals surface area contributed by atoms with Crippen LogP contribution in [0.3, 0.4) is 0 Å². The van der Waals surface area contributed by atoms with E-state index < -0.39 is 0 Å². The van der Waals surface area contributed by atoms with Crippen molar-refractivity contribution in [2.45, 2.75) is 39.8 Å². The SMILES string of the molecule is CCCN1CCN(C(=O)c2cc3c(n2C)CCN(Cc2cccc(C)c2)C3)CC1. The Kier molecular flexibility index (Phi) is 6.07. The highest BCUT2D eigenvalue weighted by atomic mass is 16.2. The summed E-state index contributed by atoms with van der Waals surface area (Å²) < 4.78 is 2.15. The first-order valence-electron chi connectivity index (χ1n) is 11.0. The van der Waals surface area contributed by atoms with Crippen LogP contribution < -0.4 is 0 Å². The minimum absolute atomic E-state index is 0.197. The van der Waals surface area contributed by atoms with E-state index in [1.807, 2.05) is 4.90 Å². The van der Waals surface area contributed by atoms with Gasteiger partial charge in [-0.25, -0.2) is 0 Å². The molecule has 0 aliphatic carbocycles. The van der Waals surface area contributed by atoms with Crippen molar-refractivity contribution in [3.8, 4) is 0 Å². The maximum Gasteiger partial charge on any atom is 0.270 e. The molecule has 1 saturated heterocycles. The smallest absolute Gasteiger partial charge is 0.270 e. The molecule has 1 fully saturated rings. The van der Waals surface area contributed by atoms with Gasteiger partial charge >= 0.3 is 0 Å². The van der Waals surface area contributed by atoms with Crippen molar-refractivity contribution in [3.05, 3.63) is 58.4 Å². The van der Waals surface area contributed by atoms with Crippen LogP contribution in [0, 0.1) is 6.92 Å². The third-order valence-corrected chi connectivity index (χ3v) is 6.41. The van der Waals surface area contributed by atoms with E-state index in [1.165, 1.54) is 28.8 Å². The fourth-order valence-corrected chi connectivity index (χ4v) is 4.82. The van der Waals surface area contributed by atoms with Crippen LogP contribution in [0.1, 0.15) is 46.2 Å². The van der Waals surface area contributed by atoms with Crippen LogP contribution in [0.2, 0.25) is 0 Å². The van der Waals surface area contributed by atoms with Crippen LogP contribution in [0.25, 0.3) is 0 Å². The van der Waals surface area contributed by atoms with Gasteiger partial charge in [-0.15, -0.1) is 0 Å². The summed E-state index contributed by atoms with van der Waals surface area (Å²) in [4.78, 5) is 20.2. The Hall–Kier alpha value is -2.11. The average molecular weight is 395 g/mol. The molecule has 2 aromatic rings. The van der Waals surface area contributed by atoms with Gasteiger partial charge in [0.25, 0.3) is 5.91 Å². The van der Waals surface area contributed by atoms with E-state index in [0.717, 1.165) is 64.5 Å². The number of nitrogens with zero attached hydrogens (tertiary/aromatic N) is 4. The first-order chi connectivity index (χ1) is 14.0. The van der Waals surface area contributed by atoms with Crippen LogP contribution in [-0.4, -0.2) is 64.4 Å². The summed E-state index contributed by atoms with van der Waals surface area (Å²) in [5.74, 6) is 0.197. The molecule has 0 spiro atoms. The quantitative estimate of drug-likeness (QED) is 0.781. The van der Waals surface area contributed by atoms with Gasteiger partial charge in [0.15, 0.2) is 0 Å². The maximum absolute atomic E-state index is 13.2. The van der Waals surface area contributed by atoms with Gasteiger partial charge in [0.05, 0.1) is 0 Å². The van der Waals surface area contributed by atoms with Crippen molar-refractivity contribution in [2.24, 2.45) is 7.05 Å². The molecule has 0 N–H and O–H groups in total. The van der Waals surface area contributed by atoms with Gasteiger partial charge in [-0.1, -0.05) is 36.8 Å². The fourth-order valence-electron chi connectivity index (χ4n) is 4.82. The summed E-state index contributed by atoms with van der Waals surface area (Å²) in [6.45, 7) is 12.1. The fraction of sp³-hybridized carbons (Fsp3) is 0.542. The molecular formula is C24H34N4O. The lowest BCUT2D eigenvalue weighted by Gasteiger charge is -2.34. The second-order valence-electron chi connectivity index (χ2n) is 8.64. The molecule has 3 heterocycles. The first-order valence-corrected chi connectivity index (χ1v) is 11.0. The molecule has 2 aliphatic rings. The third kappa shape index (κ3) is 4.41. The second kappa shape index (κ2) is 8.72. The second-order valence-corrected chi connectivity index (χ2v) is 8.64. The zero-order valence-corrected chi connectivity index (χ0v) is 18.2. The number of aryl methyl sites for hydroxylation is 1. The number of rotatable bonds is 5. The van der Waals surface area contributed by atoms with E-state index in [2.05, 4.69) is 65.6 Å². The number of aromatic nitrogens is 1. The molecule has 5 nitrogen and oxygen atoms in total. The van der Waals surface area contributed by atoms with Crippen molar-refractivity contribution >= 4 is 5.91 Å². The predicted molar refractivity (Wildman–Crippen MR) is 117 cm³/mol. The van der Waals surface area contributed by atoms with Crippen molar-refractivity contribution in [2.75, 3.05) is 39.3 Å². The number of fused-ring (bicyclic) bond motifs is 1. The maximum atomic E-state index is 13.2.